The fraction of sp³-hybridized carbons (Fsp3) is 0.333. The number of rotatable bonds is 3. The van der Waals surface area contributed by atoms with Crippen LogP contribution < -0.4 is 10.2 Å². The lowest BCUT2D eigenvalue weighted by Crippen LogP contribution is -2.38. The summed E-state index contributed by atoms with van der Waals surface area (Å²) in [5.74, 6) is -0.410. The van der Waals surface area contributed by atoms with E-state index in [-0.39, 0.29) is 35.9 Å². The molecule has 4 nitrogen and oxygen atoms in total. The highest BCUT2D eigenvalue weighted by molar-refractivity contribution is 6.06. The summed E-state index contributed by atoms with van der Waals surface area (Å²) in [5.41, 5.74) is 4.35. The van der Waals surface area contributed by atoms with Crippen LogP contribution in [0.3, 0.4) is 0 Å². The molecule has 208 valence electrons. The number of alkyl halides is 3. The van der Waals surface area contributed by atoms with Crippen LogP contribution in [0, 0.1) is 0 Å². The fourth-order valence-electron chi connectivity index (χ4n) is 5.70. The number of ketones is 1. The number of nitrogens with one attached hydrogen (secondary N) is 1. The first kappa shape index (κ1) is 27.7. The number of halogens is 3. The van der Waals surface area contributed by atoms with Crippen molar-refractivity contribution in [2.45, 2.75) is 70.5 Å². The predicted octanol–water partition coefficient (Wildman–Crippen LogP) is 8.31. The Morgan fingerprint density at radius 2 is 1.48 bits per heavy atom. The number of fused-ring (bicyclic) bond motifs is 1. The molecule has 1 heterocycles. The molecule has 0 saturated carbocycles. The molecular weight excluding hydrogens is 513 g/mol. The molecule has 2 aliphatic rings. The highest BCUT2D eigenvalue weighted by Gasteiger charge is 2.41. The molecule has 0 saturated heterocycles. The number of Topliss-reactive ketones (excluding diaryl/α,β-unsaturated/α-hetero) is 1. The Kier molecular flexibility index (Phi) is 7.11. The summed E-state index contributed by atoms with van der Waals surface area (Å²) in [5, 5.41) is 3.46. The second-order valence-electron chi connectivity index (χ2n) is 11.6. The summed E-state index contributed by atoms with van der Waals surface area (Å²) in [7, 11) is 0. The quantitative estimate of drug-likeness (QED) is 0.359. The maximum Gasteiger partial charge on any atom is 0.416 e. The molecule has 0 bridgehead atoms. The van der Waals surface area contributed by atoms with Gasteiger partial charge in [-0.2, -0.15) is 13.2 Å². The van der Waals surface area contributed by atoms with E-state index in [9.17, 15) is 22.8 Å². The zero-order valence-electron chi connectivity index (χ0n) is 23.1. The van der Waals surface area contributed by atoms with Crippen molar-refractivity contribution in [2.75, 3.05) is 10.2 Å². The number of hydrogen-bond acceptors (Lipinski definition) is 3. The van der Waals surface area contributed by atoms with E-state index in [0.29, 0.717) is 34.6 Å². The van der Waals surface area contributed by atoms with Crippen LogP contribution in [0.25, 0.3) is 0 Å². The highest BCUT2D eigenvalue weighted by atomic mass is 19.4. The Balaban J connectivity index is 1.64. The number of carbonyl (C=O) groups is 2. The molecule has 0 fully saturated rings. The number of hydrogen-bond donors (Lipinski definition) is 1. The number of allylic oxidation sites excluding steroid dienone is 1. The molecule has 1 N–H and O–H groups in total. The third kappa shape index (κ3) is 5.17. The highest BCUT2D eigenvalue weighted by Crippen LogP contribution is 2.48. The topological polar surface area (TPSA) is 49.4 Å². The normalized spacial score (nSPS) is 19.5. The predicted molar refractivity (Wildman–Crippen MR) is 151 cm³/mol. The zero-order chi connectivity index (χ0) is 28.8. The average molecular weight is 547 g/mol. The van der Waals surface area contributed by atoms with Crippen molar-refractivity contribution in [1.82, 2.24) is 0 Å². The van der Waals surface area contributed by atoms with Crippen LogP contribution in [0.4, 0.5) is 24.5 Å². The lowest BCUT2D eigenvalue weighted by Gasteiger charge is -2.35. The van der Waals surface area contributed by atoms with Crippen molar-refractivity contribution in [3.05, 3.63) is 106 Å². The van der Waals surface area contributed by atoms with Gasteiger partial charge in [0, 0.05) is 24.1 Å². The van der Waals surface area contributed by atoms with E-state index >= 15 is 0 Å². The van der Waals surface area contributed by atoms with Gasteiger partial charge in [-0.25, -0.2) is 0 Å². The van der Waals surface area contributed by atoms with Crippen LogP contribution >= 0.6 is 0 Å². The molecule has 2 atom stereocenters. The van der Waals surface area contributed by atoms with Crippen molar-refractivity contribution >= 4 is 23.1 Å². The Bertz CT molecular complexity index is 1470. The first-order valence-electron chi connectivity index (χ1n) is 13.6. The van der Waals surface area contributed by atoms with E-state index in [0.717, 1.165) is 17.7 Å². The summed E-state index contributed by atoms with van der Waals surface area (Å²) in [6.07, 6.45) is -3.53. The molecule has 3 aromatic carbocycles. The Hall–Kier alpha value is -3.87. The van der Waals surface area contributed by atoms with Crippen molar-refractivity contribution in [1.29, 1.82) is 0 Å². The molecule has 7 heteroatoms. The molecule has 1 amide bonds. The number of nitrogens with zero attached hydrogens (tertiary/aromatic N) is 1. The Morgan fingerprint density at radius 3 is 2.08 bits per heavy atom. The Labute approximate surface area is 232 Å². The SMILES string of the molecule is CCC(=O)N1c2ccccc2NC2=C(C(=O)CC(c3ccc(C(C)(C)C)cc3)C2)C1c1ccc(C(F)(F)F)cc1. The second-order valence-corrected chi connectivity index (χ2v) is 11.6. The molecule has 2 unspecified atom stereocenters. The van der Waals surface area contributed by atoms with Crippen molar-refractivity contribution in [3.63, 3.8) is 0 Å². The van der Waals surface area contributed by atoms with E-state index in [1.807, 2.05) is 18.2 Å². The molecule has 0 radical (unpaired) electrons. The van der Waals surface area contributed by atoms with Crippen LogP contribution in [0.5, 0.6) is 0 Å². The van der Waals surface area contributed by atoms with E-state index in [1.54, 1.807) is 17.9 Å². The van der Waals surface area contributed by atoms with Crippen LogP contribution in [-0.4, -0.2) is 11.7 Å². The summed E-state index contributed by atoms with van der Waals surface area (Å²) >= 11 is 0. The molecule has 1 aliphatic carbocycles. The van der Waals surface area contributed by atoms with E-state index in [4.69, 9.17) is 0 Å². The zero-order valence-corrected chi connectivity index (χ0v) is 23.1. The first-order valence-corrected chi connectivity index (χ1v) is 13.6. The van der Waals surface area contributed by atoms with Gasteiger partial charge in [0.2, 0.25) is 5.91 Å². The fourth-order valence-corrected chi connectivity index (χ4v) is 5.70. The molecule has 40 heavy (non-hydrogen) atoms. The van der Waals surface area contributed by atoms with Gasteiger partial charge in [-0.1, -0.05) is 76.2 Å². The van der Waals surface area contributed by atoms with Crippen LogP contribution in [0.2, 0.25) is 0 Å². The number of amides is 1. The van der Waals surface area contributed by atoms with Crippen LogP contribution in [0.1, 0.15) is 81.2 Å². The van der Waals surface area contributed by atoms with Crippen LogP contribution in [-0.2, 0) is 21.2 Å². The third-order valence-corrected chi connectivity index (χ3v) is 7.86. The van der Waals surface area contributed by atoms with Gasteiger partial charge < -0.3 is 5.32 Å². The number of anilines is 2. The average Bonchev–Trinajstić information content (AvgIpc) is 3.06. The van der Waals surface area contributed by atoms with E-state index < -0.39 is 17.8 Å². The maximum atomic E-state index is 14.0. The largest absolute Gasteiger partial charge is 0.416 e. The molecule has 3 aromatic rings. The summed E-state index contributed by atoms with van der Waals surface area (Å²) in [6, 6.07) is 19.6. The monoisotopic (exact) mass is 546 g/mol. The number of carbonyl (C=O) groups excluding carboxylic acids is 2. The van der Waals surface area contributed by atoms with Crippen LogP contribution in [0.15, 0.2) is 84.1 Å². The first-order chi connectivity index (χ1) is 18.9. The van der Waals surface area contributed by atoms with Gasteiger partial charge in [0.1, 0.15) is 0 Å². The minimum atomic E-state index is -4.49. The summed E-state index contributed by atoms with van der Waals surface area (Å²) in [6.45, 7) is 8.20. The lowest BCUT2D eigenvalue weighted by molar-refractivity contribution is -0.137. The number of para-hydroxylation sites is 2. The van der Waals surface area contributed by atoms with Gasteiger partial charge in [0.15, 0.2) is 5.78 Å². The minimum Gasteiger partial charge on any atom is -0.357 e. The Morgan fingerprint density at radius 1 is 0.875 bits per heavy atom. The van der Waals surface area contributed by atoms with Crippen molar-refractivity contribution < 1.29 is 22.8 Å². The van der Waals surface area contributed by atoms with Gasteiger partial charge in [-0.05, 0) is 58.7 Å². The van der Waals surface area contributed by atoms with Crippen molar-refractivity contribution in [2.24, 2.45) is 0 Å². The summed E-state index contributed by atoms with van der Waals surface area (Å²) in [4.78, 5) is 29.0. The summed E-state index contributed by atoms with van der Waals surface area (Å²) < 4.78 is 40.1. The minimum absolute atomic E-state index is 0.00727. The van der Waals surface area contributed by atoms with Gasteiger partial charge in [-0.15, -0.1) is 0 Å². The van der Waals surface area contributed by atoms with E-state index in [2.05, 4.69) is 50.4 Å². The molecule has 1 aliphatic heterocycles. The molecule has 0 aromatic heterocycles. The smallest absolute Gasteiger partial charge is 0.357 e. The third-order valence-electron chi connectivity index (χ3n) is 7.86. The van der Waals surface area contributed by atoms with E-state index in [1.165, 1.54) is 17.7 Å². The standard InChI is InChI=1S/C33H33F3N2O2/c1-5-29(40)38-27-9-7-6-8-25(27)37-26-18-22(20-10-14-23(15-11-20)32(2,3)4)19-28(39)30(26)31(38)21-12-16-24(17-13-21)33(34,35)36/h6-17,22,31,37H,5,18-19H2,1-4H3. The maximum absolute atomic E-state index is 14.0. The number of benzene rings is 3. The van der Waals surface area contributed by atoms with Gasteiger partial charge in [-0.3, -0.25) is 14.5 Å². The molecule has 0 spiro atoms. The van der Waals surface area contributed by atoms with Gasteiger partial charge >= 0.3 is 6.18 Å². The second kappa shape index (κ2) is 10.3. The molecular formula is C33H33F3N2O2. The molecule has 5 rings (SSSR count). The van der Waals surface area contributed by atoms with Gasteiger partial charge in [0.25, 0.3) is 0 Å². The van der Waals surface area contributed by atoms with Gasteiger partial charge in [0.05, 0.1) is 23.0 Å². The van der Waals surface area contributed by atoms with Crippen molar-refractivity contribution in [3.8, 4) is 0 Å². The lowest BCUT2D eigenvalue weighted by atomic mass is 9.77.